The van der Waals surface area contributed by atoms with E-state index in [0.717, 1.165) is 0 Å². The first kappa shape index (κ1) is 6.99. The van der Waals surface area contributed by atoms with Crippen LogP contribution in [0.1, 0.15) is 12.0 Å². The third-order valence-corrected chi connectivity index (χ3v) is 1.38. The van der Waals surface area contributed by atoms with E-state index in [-0.39, 0.29) is 0 Å². The SMILES string of the molecule is O=C1NC(c2ncccn2)NO1. The number of nitrogens with zero attached hydrogens (tertiary/aromatic N) is 2. The van der Waals surface area contributed by atoms with Crippen LogP contribution in [-0.2, 0) is 4.84 Å². The molecule has 1 fully saturated rings. The zero-order chi connectivity index (χ0) is 8.39. The van der Waals surface area contributed by atoms with Crippen LogP contribution in [-0.4, -0.2) is 16.1 Å². The van der Waals surface area contributed by atoms with E-state index < -0.39 is 12.3 Å². The van der Waals surface area contributed by atoms with Crippen molar-refractivity contribution in [3.05, 3.63) is 24.3 Å². The summed E-state index contributed by atoms with van der Waals surface area (Å²) in [6.45, 7) is 0. The molecule has 0 aliphatic carbocycles. The van der Waals surface area contributed by atoms with E-state index in [2.05, 4.69) is 25.6 Å². The first-order valence-corrected chi connectivity index (χ1v) is 3.36. The van der Waals surface area contributed by atoms with Crippen molar-refractivity contribution in [2.75, 3.05) is 0 Å². The first-order valence-electron chi connectivity index (χ1n) is 3.36. The molecule has 2 rings (SSSR count). The van der Waals surface area contributed by atoms with E-state index in [1.165, 1.54) is 0 Å². The van der Waals surface area contributed by atoms with Gasteiger partial charge < -0.3 is 4.84 Å². The van der Waals surface area contributed by atoms with Gasteiger partial charge in [-0.1, -0.05) is 0 Å². The van der Waals surface area contributed by atoms with E-state index >= 15 is 0 Å². The van der Waals surface area contributed by atoms with Crippen molar-refractivity contribution in [3.8, 4) is 0 Å². The van der Waals surface area contributed by atoms with E-state index in [0.29, 0.717) is 5.82 Å². The highest BCUT2D eigenvalue weighted by Gasteiger charge is 2.25. The highest BCUT2D eigenvalue weighted by atomic mass is 16.7. The Balaban J connectivity index is 2.16. The average Bonchev–Trinajstić information content (AvgIpc) is 2.54. The molecule has 1 aliphatic heterocycles. The van der Waals surface area contributed by atoms with Gasteiger partial charge in [-0.05, 0) is 6.07 Å². The fourth-order valence-corrected chi connectivity index (χ4v) is 0.866. The molecule has 0 radical (unpaired) electrons. The molecular weight excluding hydrogens is 160 g/mol. The lowest BCUT2D eigenvalue weighted by atomic mass is 10.4. The highest BCUT2D eigenvalue weighted by Crippen LogP contribution is 2.06. The van der Waals surface area contributed by atoms with Crippen molar-refractivity contribution in [1.29, 1.82) is 0 Å². The number of nitrogens with one attached hydrogen (secondary N) is 2. The lowest BCUT2D eigenvalue weighted by Gasteiger charge is -2.03. The Hall–Kier alpha value is -1.69. The molecule has 1 aliphatic rings. The van der Waals surface area contributed by atoms with E-state index in [1.807, 2.05) is 0 Å². The predicted octanol–water partition coefficient (Wildman–Crippen LogP) is -0.280. The third-order valence-electron chi connectivity index (χ3n) is 1.38. The van der Waals surface area contributed by atoms with Gasteiger partial charge >= 0.3 is 6.09 Å². The van der Waals surface area contributed by atoms with Crippen molar-refractivity contribution in [3.63, 3.8) is 0 Å². The van der Waals surface area contributed by atoms with Gasteiger partial charge in [0.25, 0.3) is 0 Å². The molecule has 0 saturated carbocycles. The fraction of sp³-hybridized carbons (Fsp3) is 0.167. The molecule has 2 N–H and O–H groups in total. The standard InChI is InChI=1S/C6H6N4O2/c11-6-9-5(10-12-6)4-7-2-1-3-8-4/h1-3,5,10H,(H,9,11). The van der Waals surface area contributed by atoms with Crippen molar-refractivity contribution < 1.29 is 9.63 Å². The van der Waals surface area contributed by atoms with Gasteiger partial charge in [-0.2, -0.15) is 0 Å². The van der Waals surface area contributed by atoms with Gasteiger partial charge in [0.2, 0.25) is 0 Å². The Morgan fingerprint density at radius 3 is 2.75 bits per heavy atom. The second-order valence-corrected chi connectivity index (χ2v) is 2.19. The number of aromatic nitrogens is 2. The van der Waals surface area contributed by atoms with Crippen LogP contribution in [0.5, 0.6) is 0 Å². The molecule has 0 aromatic carbocycles. The molecule has 1 unspecified atom stereocenters. The normalized spacial score (nSPS) is 21.7. The largest absolute Gasteiger partial charge is 0.427 e. The van der Waals surface area contributed by atoms with Crippen LogP contribution < -0.4 is 10.8 Å². The molecule has 1 amide bonds. The number of amides is 1. The maximum absolute atomic E-state index is 10.6. The molecular formula is C6H6N4O2. The molecule has 62 valence electrons. The lowest BCUT2D eigenvalue weighted by Crippen LogP contribution is -2.24. The van der Waals surface area contributed by atoms with Gasteiger partial charge in [0.1, 0.15) is 0 Å². The van der Waals surface area contributed by atoms with Crippen molar-refractivity contribution in [2.24, 2.45) is 0 Å². The third kappa shape index (κ3) is 1.19. The Bertz CT molecular complexity index is 289. The van der Waals surface area contributed by atoms with Gasteiger partial charge in [0.15, 0.2) is 12.0 Å². The fourth-order valence-electron chi connectivity index (χ4n) is 0.866. The second kappa shape index (κ2) is 2.74. The summed E-state index contributed by atoms with van der Waals surface area (Å²) in [5, 5.41) is 2.47. The number of hydroxylamine groups is 1. The Morgan fingerprint density at radius 1 is 1.42 bits per heavy atom. The summed E-state index contributed by atoms with van der Waals surface area (Å²) < 4.78 is 0. The van der Waals surface area contributed by atoms with Crippen LogP contribution in [0.25, 0.3) is 0 Å². The van der Waals surface area contributed by atoms with Gasteiger partial charge in [-0.15, -0.1) is 5.48 Å². The van der Waals surface area contributed by atoms with Gasteiger partial charge in [0, 0.05) is 12.4 Å². The summed E-state index contributed by atoms with van der Waals surface area (Å²) >= 11 is 0. The van der Waals surface area contributed by atoms with E-state index in [9.17, 15) is 4.79 Å². The molecule has 1 saturated heterocycles. The summed E-state index contributed by atoms with van der Waals surface area (Å²) in [5.74, 6) is 0.475. The summed E-state index contributed by atoms with van der Waals surface area (Å²) in [7, 11) is 0. The number of hydrogen-bond donors (Lipinski definition) is 2. The maximum atomic E-state index is 10.6. The molecule has 0 spiro atoms. The summed E-state index contributed by atoms with van der Waals surface area (Å²) in [6, 6.07) is 1.70. The topological polar surface area (TPSA) is 76.1 Å². The van der Waals surface area contributed by atoms with Crippen LogP contribution in [0.4, 0.5) is 4.79 Å². The van der Waals surface area contributed by atoms with Gasteiger partial charge in [0.05, 0.1) is 0 Å². The zero-order valence-electron chi connectivity index (χ0n) is 6.02. The van der Waals surface area contributed by atoms with Crippen LogP contribution in [0.15, 0.2) is 18.5 Å². The van der Waals surface area contributed by atoms with Crippen molar-refractivity contribution >= 4 is 6.09 Å². The maximum Gasteiger partial charge on any atom is 0.427 e. The van der Waals surface area contributed by atoms with Gasteiger partial charge in [-0.25, -0.2) is 14.8 Å². The van der Waals surface area contributed by atoms with Crippen LogP contribution in [0, 0.1) is 0 Å². The molecule has 6 nitrogen and oxygen atoms in total. The Morgan fingerprint density at radius 2 is 2.17 bits per heavy atom. The quantitative estimate of drug-likeness (QED) is 0.600. The molecule has 1 aromatic rings. The summed E-state index contributed by atoms with van der Waals surface area (Å²) in [5.41, 5.74) is 2.44. The number of carbonyl (C=O) groups is 1. The molecule has 12 heavy (non-hydrogen) atoms. The van der Waals surface area contributed by atoms with E-state index in [4.69, 9.17) is 0 Å². The molecule has 0 bridgehead atoms. The summed E-state index contributed by atoms with van der Waals surface area (Å²) in [4.78, 5) is 22.9. The smallest absolute Gasteiger partial charge is 0.351 e. The van der Waals surface area contributed by atoms with Crippen LogP contribution >= 0.6 is 0 Å². The van der Waals surface area contributed by atoms with Crippen LogP contribution in [0.3, 0.4) is 0 Å². The van der Waals surface area contributed by atoms with Gasteiger partial charge in [-0.3, -0.25) is 5.32 Å². The molecule has 1 atom stereocenters. The molecule has 1 aromatic heterocycles. The average molecular weight is 166 g/mol. The van der Waals surface area contributed by atoms with Crippen molar-refractivity contribution in [2.45, 2.75) is 6.17 Å². The minimum Gasteiger partial charge on any atom is -0.351 e. The Labute approximate surface area is 67.9 Å². The first-order chi connectivity index (χ1) is 5.86. The summed E-state index contributed by atoms with van der Waals surface area (Å²) in [6.07, 6.45) is 2.22. The minimum atomic E-state index is -0.521. The number of hydrogen-bond acceptors (Lipinski definition) is 5. The molecule has 6 heteroatoms. The van der Waals surface area contributed by atoms with Crippen molar-refractivity contribution in [1.82, 2.24) is 20.8 Å². The lowest BCUT2D eigenvalue weighted by molar-refractivity contribution is 0.120. The predicted molar refractivity (Wildman–Crippen MR) is 37.5 cm³/mol. The van der Waals surface area contributed by atoms with Crippen LogP contribution in [0.2, 0.25) is 0 Å². The highest BCUT2D eigenvalue weighted by molar-refractivity contribution is 5.68. The Kier molecular flexibility index (Phi) is 1.60. The monoisotopic (exact) mass is 166 g/mol. The molecule has 2 heterocycles. The zero-order valence-corrected chi connectivity index (χ0v) is 6.02. The number of carbonyl (C=O) groups excluding carboxylic acids is 1. The second-order valence-electron chi connectivity index (χ2n) is 2.19. The van der Waals surface area contributed by atoms with E-state index in [1.54, 1.807) is 18.5 Å². The minimum absolute atomic E-state index is 0.446. The number of rotatable bonds is 1.